The first kappa shape index (κ1) is 15.3. The van der Waals surface area contributed by atoms with Crippen molar-refractivity contribution < 1.29 is 9.90 Å². The topological polar surface area (TPSA) is 61.4 Å². The molecule has 5 heteroatoms. The third kappa shape index (κ3) is 4.80. The van der Waals surface area contributed by atoms with E-state index >= 15 is 0 Å². The van der Waals surface area contributed by atoms with Crippen LogP contribution in [0.4, 0.5) is 4.79 Å². The van der Waals surface area contributed by atoms with E-state index in [1.54, 1.807) is 11.3 Å². The van der Waals surface area contributed by atoms with Gasteiger partial charge in [-0.1, -0.05) is 18.9 Å². The Kier molecular flexibility index (Phi) is 6.33. The number of rotatable bonds is 7. The molecule has 112 valence electrons. The highest BCUT2D eigenvalue weighted by atomic mass is 32.1. The number of aliphatic hydroxyl groups excluding tert-OH is 1. The van der Waals surface area contributed by atoms with Crippen LogP contribution in [0.25, 0.3) is 0 Å². The zero-order chi connectivity index (χ0) is 14.2. The summed E-state index contributed by atoms with van der Waals surface area (Å²) in [6, 6.07) is 4.44. The fourth-order valence-corrected chi connectivity index (χ4v) is 3.67. The monoisotopic (exact) mass is 296 g/mol. The van der Waals surface area contributed by atoms with Crippen molar-refractivity contribution >= 4 is 17.4 Å². The van der Waals surface area contributed by atoms with Gasteiger partial charge in [-0.05, 0) is 43.0 Å². The van der Waals surface area contributed by atoms with Gasteiger partial charge in [0, 0.05) is 24.1 Å². The van der Waals surface area contributed by atoms with Gasteiger partial charge >= 0.3 is 6.03 Å². The van der Waals surface area contributed by atoms with Gasteiger partial charge in [0.15, 0.2) is 0 Å². The number of thiophene rings is 1. The molecule has 0 aromatic carbocycles. The fourth-order valence-electron chi connectivity index (χ4n) is 2.77. The van der Waals surface area contributed by atoms with Crippen LogP contribution in [0.3, 0.4) is 0 Å². The van der Waals surface area contributed by atoms with Crippen LogP contribution in [0.5, 0.6) is 0 Å². The second-order valence-electron chi connectivity index (χ2n) is 5.39. The number of amides is 2. The van der Waals surface area contributed by atoms with E-state index in [1.807, 2.05) is 6.07 Å². The third-order valence-electron chi connectivity index (χ3n) is 3.89. The highest BCUT2D eigenvalue weighted by molar-refractivity contribution is 7.10. The number of hydrogen-bond donors (Lipinski definition) is 3. The summed E-state index contributed by atoms with van der Waals surface area (Å²) >= 11 is 1.72. The Morgan fingerprint density at radius 1 is 1.40 bits per heavy atom. The molecule has 3 N–H and O–H groups in total. The largest absolute Gasteiger partial charge is 0.396 e. The lowest BCUT2D eigenvalue weighted by molar-refractivity contribution is 0.236. The van der Waals surface area contributed by atoms with Crippen LogP contribution in [0.15, 0.2) is 17.5 Å². The van der Waals surface area contributed by atoms with Crippen molar-refractivity contribution in [1.82, 2.24) is 10.6 Å². The van der Waals surface area contributed by atoms with Gasteiger partial charge < -0.3 is 15.7 Å². The van der Waals surface area contributed by atoms with E-state index in [0.29, 0.717) is 18.5 Å². The first-order valence-electron chi connectivity index (χ1n) is 7.48. The maximum absolute atomic E-state index is 11.8. The van der Waals surface area contributed by atoms with Crippen molar-refractivity contribution in [2.24, 2.45) is 0 Å². The lowest BCUT2D eigenvalue weighted by atomic mass is 10.00. The number of carbonyl (C=O) groups is 1. The second-order valence-corrected chi connectivity index (χ2v) is 6.37. The minimum atomic E-state index is -0.0502. The molecule has 1 aliphatic carbocycles. The summed E-state index contributed by atoms with van der Waals surface area (Å²) in [5.41, 5.74) is 0. The summed E-state index contributed by atoms with van der Waals surface area (Å²) in [5.74, 6) is 0.340. The van der Waals surface area contributed by atoms with E-state index in [4.69, 9.17) is 5.11 Å². The molecule has 2 rings (SSSR count). The minimum Gasteiger partial charge on any atom is -0.396 e. The number of hydrogen-bond acceptors (Lipinski definition) is 3. The van der Waals surface area contributed by atoms with Crippen molar-refractivity contribution in [3.8, 4) is 0 Å². The van der Waals surface area contributed by atoms with Crippen LogP contribution in [0.1, 0.15) is 49.3 Å². The van der Waals surface area contributed by atoms with Gasteiger partial charge in [-0.15, -0.1) is 11.3 Å². The van der Waals surface area contributed by atoms with Gasteiger partial charge in [0.1, 0.15) is 0 Å². The molecule has 0 unspecified atom stereocenters. The van der Waals surface area contributed by atoms with E-state index in [0.717, 1.165) is 25.7 Å². The van der Waals surface area contributed by atoms with Crippen LogP contribution in [0.2, 0.25) is 0 Å². The Morgan fingerprint density at radius 3 is 2.85 bits per heavy atom. The molecule has 2 amide bonds. The molecule has 1 fully saturated rings. The normalized spacial score (nSPS) is 17.1. The number of carbonyl (C=O) groups excluding carboxylic acids is 1. The first-order valence-corrected chi connectivity index (χ1v) is 8.36. The Bertz CT molecular complexity index is 389. The van der Waals surface area contributed by atoms with E-state index in [2.05, 4.69) is 22.1 Å². The summed E-state index contributed by atoms with van der Waals surface area (Å²) in [4.78, 5) is 13.0. The van der Waals surface area contributed by atoms with Crippen LogP contribution < -0.4 is 10.6 Å². The first-order chi connectivity index (χ1) is 9.79. The van der Waals surface area contributed by atoms with Crippen LogP contribution in [0, 0.1) is 0 Å². The number of urea groups is 1. The molecular weight excluding hydrogens is 272 g/mol. The maximum atomic E-state index is 11.8. The summed E-state index contributed by atoms with van der Waals surface area (Å²) in [7, 11) is 0. The molecule has 1 aromatic rings. The van der Waals surface area contributed by atoms with Crippen molar-refractivity contribution in [3.63, 3.8) is 0 Å². The van der Waals surface area contributed by atoms with Crippen molar-refractivity contribution in [2.75, 3.05) is 13.2 Å². The predicted molar refractivity (Wildman–Crippen MR) is 82.2 cm³/mol. The fraction of sp³-hybridized carbons (Fsp3) is 0.667. The highest BCUT2D eigenvalue weighted by Gasteiger charge is 2.17. The van der Waals surface area contributed by atoms with Crippen molar-refractivity contribution in [2.45, 2.75) is 50.5 Å². The molecule has 0 radical (unpaired) electrons. The molecule has 1 aromatic heterocycles. The quantitative estimate of drug-likeness (QED) is 0.724. The molecule has 0 bridgehead atoms. The molecule has 4 nitrogen and oxygen atoms in total. The highest BCUT2D eigenvalue weighted by Crippen LogP contribution is 2.26. The molecule has 0 aliphatic heterocycles. The van der Waals surface area contributed by atoms with E-state index in [-0.39, 0.29) is 12.6 Å². The smallest absolute Gasteiger partial charge is 0.315 e. The minimum absolute atomic E-state index is 0.0502. The SMILES string of the molecule is O=C(NCC[C@H](CCO)c1cccs1)NC1CCCC1. The van der Waals surface area contributed by atoms with Crippen LogP contribution in [-0.4, -0.2) is 30.3 Å². The zero-order valence-corrected chi connectivity index (χ0v) is 12.6. The van der Waals surface area contributed by atoms with Gasteiger partial charge in [0.2, 0.25) is 0 Å². The molecule has 20 heavy (non-hydrogen) atoms. The summed E-state index contributed by atoms with van der Waals surface area (Å²) in [5, 5.41) is 17.2. The molecule has 0 saturated heterocycles. The average Bonchev–Trinajstić information content (AvgIpc) is 3.10. The van der Waals surface area contributed by atoms with E-state index < -0.39 is 0 Å². The Labute approximate surface area is 124 Å². The molecule has 1 heterocycles. The summed E-state index contributed by atoms with van der Waals surface area (Å²) in [6.07, 6.45) is 6.29. The Morgan fingerprint density at radius 2 is 2.20 bits per heavy atom. The number of aliphatic hydroxyl groups is 1. The molecule has 1 aliphatic rings. The van der Waals surface area contributed by atoms with Gasteiger partial charge in [-0.3, -0.25) is 0 Å². The number of nitrogens with one attached hydrogen (secondary N) is 2. The van der Waals surface area contributed by atoms with E-state index in [1.165, 1.54) is 17.7 Å². The average molecular weight is 296 g/mol. The molecular formula is C15H24N2O2S. The predicted octanol–water partition coefficient (Wildman–Crippen LogP) is 2.85. The molecule has 1 saturated carbocycles. The third-order valence-corrected chi connectivity index (χ3v) is 4.93. The van der Waals surface area contributed by atoms with Gasteiger partial charge in [-0.2, -0.15) is 0 Å². The van der Waals surface area contributed by atoms with Crippen molar-refractivity contribution in [3.05, 3.63) is 22.4 Å². The van der Waals surface area contributed by atoms with Gasteiger partial charge in [-0.25, -0.2) is 4.79 Å². The molecule has 0 spiro atoms. The summed E-state index contributed by atoms with van der Waals surface area (Å²) in [6.45, 7) is 0.845. The maximum Gasteiger partial charge on any atom is 0.315 e. The van der Waals surface area contributed by atoms with Crippen LogP contribution >= 0.6 is 11.3 Å². The van der Waals surface area contributed by atoms with E-state index in [9.17, 15) is 4.79 Å². The lowest BCUT2D eigenvalue weighted by Gasteiger charge is -2.16. The van der Waals surface area contributed by atoms with Gasteiger partial charge in [0.25, 0.3) is 0 Å². The lowest BCUT2D eigenvalue weighted by Crippen LogP contribution is -2.41. The van der Waals surface area contributed by atoms with Gasteiger partial charge in [0.05, 0.1) is 0 Å². The Hall–Kier alpha value is -1.07. The Balaban J connectivity index is 1.68. The van der Waals surface area contributed by atoms with Crippen molar-refractivity contribution in [1.29, 1.82) is 0 Å². The molecule has 1 atom stereocenters. The van der Waals surface area contributed by atoms with Crippen LogP contribution in [-0.2, 0) is 0 Å². The summed E-state index contributed by atoms with van der Waals surface area (Å²) < 4.78 is 0. The second kappa shape index (κ2) is 8.27. The standard InChI is InChI=1S/C15H24N2O2S/c18-10-8-12(14-6-3-11-20-14)7-9-16-15(19)17-13-4-1-2-5-13/h3,6,11-13,18H,1-2,4-5,7-10H2,(H2,16,17,19)/t12-/m1/s1. The zero-order valence-electron chi connectivity index (χ0n) is 11.8.